The number of para-hydroxylation sites is 2. The molecule has 0 spiro atoms. The topological polar surface area (TPSA) is 103 Å². The summed E-state index contributed by atoms with van der Waals surface area (Å²) in [5, 5.41) is 14.7. The molecule has 0 aliphatic rings. The van der Waals surface area contributed by atoms with Crippen molar-refractivity contribution < 1.29 is 19.2 Å². The molecule has 0 bridgehead atoms. The molecule has 0 radical (unpaired) electrons. The summed E-state index contributed by atoms with van der Waals surface area (Å²) in [6.45, 7) is 2.09. The van der Waals surface area contributed by atoms with Crippen LogP contribution in [0.2, 0.25) is 0 Å². The molecule has 1 amide bonds. The highest BCUT2D eigenvalue weighted by Crippen LogP contribution is 2.26. The summed E-state index contributed by atoms with van der Waals surface area (Å²) in [5.41, 5.74) is 2.69. The first-order valence-electron chi connectivity index (χ1n) is 7.61. The number of carbonyl (C=O) groups excluding carboxylic acids is 1. The Morgan fingerprint density at radius 1 is 1.27 bits per heavy atom. The van der Waals surface area contributed by atoms with Crippen LogP contribution in [0, 0.1) is 10.1 Å². The van der Waals surface area contributed by atoms with Crippen molar-refractivity contribution in [2.45, 2.75) is 6.92 Å². The van der Waals surface area contributed by atoms with Crippen LogP contribution in [0.1, 0.15) is 12.5 Å². The van der Waals surface area contributed by atoms with E-state index in [-0.39, 0.29) is 12.3 Å². The van der Waals surface area contributed by atoms with Crippen LogP contribution in [0.15, 0.2) is 52.0 Å². The lowest BCUT2D eigenvalue weighted by molar-refractivity contribution is -0.385. The first-order chi connectivity index (χ1) is 12.5. The molecule has 9 heteroatoms. The van der Waals surface area contributed by atoms with Gasteiger partial charge in [-0.1, -0.05) is 18.2 Å². The number of hydrazone groups is 1. The van der Waals surface area contributed by atoms with E-state index in [2.05, 4.69) is 26.5 Å². The molecule has 1 N–H and O–H groups in total. The van der Waals surface area contributed by atoms with Gasteiger partial charge in [-0.15, -0.1) is 0 Å². The zero-order chi connectivity index (χ0) is 18.9. The van der Waals surface area contributed by atoms with Crippen molar-refractivity contribution >= 4 is 33.7 Å². The van der Waals surface area contributed by atoms with Crippen LogP contribution in [0.4, 0.5) is 5.69 Å². The molecule has 0 atom stereocenters. The first-order valence-corrected chi connectivity index (χ1v) is 8.41. The number of ether oxygens (including phenoxy) is 2. The molecule has 2 aromatic rings. The molecule has 0 saturated heterocycles. The predicted molar refractivity (Wildman–Crippen MR) is 99.6 cm³/mol. The Bertz CT molecular complexity index is 826. The Morgan fingerprint density at radius 3 is 2.62 bits per heavy atom. The summed E-state index contributed by atoms with van der Waals surface area (Å²) in [7, 11) is 0. The van der Waals surface area contributed by atoms with Gasteiger partial charge in [-0.05, 0) is 41.1 Å². The number of nitro groups is 1. The van der Waals surface area contributed by atoms with Crippen LogP contribution >= 0.6 is 15.9 Å². The normalized spacial score (nSPS) is 10.5. The Labute approximate surface area is 158 Å². The molecular weight excluding hydrogens is 406 g/mol. The molecule has 2 aromatic carbocycles. The van der Waals surface area contributed by atoms with Crippen LogP contribution in [-0.2, 0) is 4.79 Å². The Balaban J connectivity index is 1.90. The maximum absolute atomic E-state index is 11.8. The maximum atomic E-state index is 11.8. The maximum Gasteiger partial charge on any atom is 0.284 e. The predicted octanol–water partition coefficient (Wildman–Crippen LogP) is 3.29. The van der Waals surface area contributed by atoms with Gasteiger partial charge < -0.3 is 9.47 Å². The second kappa shape index (κ2) is 9.52. The van der Waals surface area contributed by atoms with Gasteiger partial charge in [0.2, 0.25) is 0 Å². The molecule has 26 heavy (non-hydrogen) atoms. The van der Waals surface area contributed by atoms with Gasteiger partial charge in [0.05, 0.1) is 22.2 Å². The molecule has 0 aliphatic carbocycles. The van der Waals surface area contributed by atoms with E-state index in [4.69, 9.17) is 9.47 Å². The SMILES string of the molecule is CCOc1ccccc1OCC(=O)N/N=C/c1ccc(Br)c([N+](=O)[O-])c1. The quantitative estimate of drug-likeness (QED) is 0.400. The number of nitro benzene ring substituents is 1. The molecule has 0 aliphatic heterocycles. The lowest BCUT2D eigenvalue weighted by atomic mass is 10.2. The Kier molecular flexibility index (Phi) is 7.10. The van der Waals surface area contributed by atoms with Crippen LogP contribution < -0.4 is 14.9 Å². The summed E-state index contributed by atoms with van der Waals surface area (Å²) in [5.74, 6) is 0.532. The number of benzene rings is 2. The van der Waals surface area contributed by atoms with Crippen molar-refractivity contribution in [3.8, 4) is 11.5 Å². The summed E-state index contributed by atoms with van der Waals surface area (Å²) in [4.78, 5) is 22.2. The van der Waals surface area contributed by atoms with Crippen molar-refractivity contribution in [2.24, 2.45) is 5.10 Å². The van der Waals surface area contributed by atoms with E-state index in [1.54, 1.807) is 30.3 Å². The highest BCUT2D eigenvalue weighted by molar-refractivity contribution is 9.10. The van der Waals surface area contributed by atoms with E-state index in [1.807, 2.05) is 6.92 Å². The molecule has 136 valence electrons. The van der Waals surface area contributed by atoms with Gasteiger partial charge in [0.15, 0.2) is 18.1 Å². The van der Waals surface area contributed by atoms with Crippen LogP contribution in [0.25, 0.3) is 0 Å². The van der Waals surface area contributed by atoms with E-state index in [0.29, 0.717) is 28.1 Å². The van der Waals surface area contributed by atoms with Gasteiger partial charge in [-0.2, -0.15) is 5.10 Å². The van der Waals surface area contributed by atoms with Gasteiger partial charge in [-0.25, -0.2) is 5.43 Å². The average molecular weight is 422 g/mol. The fraction of sp³-hybridized carbons (Fsp3) is 0.176. The molecule has 0 heterocycles. The first kappa shape index (κ1) is 19.4. The largest absolute Gasteiger partial charge is 0.490 e. The number of hydrogen-bond donors (Lipinski definition) is 1. The van der Waals surface area contributed by atoms with Gasteiger partial charge in [0, 0.05) is 11.6 Å². The highest BCUT2D eigenvalue weighted by atomic mass is 79.9. The third kappa shape index (κ3) is 5.55. The number of carbonyl (C=O) groups is 1. The summed E-state index contributed by atoms with van der Waals surface area (Å²) < 4.78 is 11.2. The fourth-order valence-corrected chi connectivity index (χ4v) is 2.34. The van der Waals surface area contributed by atoms with Gasteiger partial charge >= 0.3 is 0 Å². The van der Waals surface area contributed by atoms with E-state index < -0.39 is 10.8 Å². The third-order valence-corrected chi connectivity index (χ3v) is 3.75. The number of amides is 1. The summed E-state index contributed by atoms with van der Waals surface area (Å²) in [6, 6.07) is 11.5. The van der Waals surface area contributed by atoms with E-state index in [1.165, 1.54) is 18.3 Å². The number of hydrogen-bond acceptors (Lipinski definition) is 6. The number of nitrogens with zero attached hydrogens (tertiary/aromatic N) is 2. The van der Waals surface area contributed by atoms with Crippen LogP contribution in [0.3, 0.4) is 0 Å². The zero-order valence-corrected chi connectivity index (χ0v) is 15.4. The summed E-state index contributed by atoms with van der Waals surface area (Å²) in [6.07, 6.45) is 1.31. The van der Waals surface area contributed by atoms with Crippen LogP contribution in [0.5, 0.6) is 11.5 Å². The number of halogens is 1. The average Bonchev–Trinajstić information content (AvgIpc) is 2.62. The highest BCUT2D eigenvalue weighted by Gasteiger charge is 2.11. The van der Waals surface area contributed by atoms with Gasteiger partial charge in [-0.3, -0.25) is 14.9 Å². The van der Waals surface area contributed by atoms with Crippen molar-refractivity contribution in [3.05, 3.63) is 62.6 Å². The molecular formula is C17H16BrN3O5. The van der Waals surface area contributed by atoms with Gasteiger partial charge in [0.25, 0.3) is 11.6 Å². The molecule has 2 rings (SSSR count). The lowest BCUT2D eigenvalue weighted by Crippen LogP contribution is -2.24. The minimum Gasteiger partial charge on any atom is -0.490 e. The standard InChI is InChI=1S/C17H16BrN3O5/c1-2-25-15-5-3-4-6-16(15)26-11-17(22)20-19-10-12-7-8-13(18)14(9-12)21(23)24/h3-10H,2,11H2,1H3,(H,20,22)/b19-10+. The Hall–Kier alpha value is -2.94. The third-order valence-electron chi connectivity index (χ3n) is 3.08. The van der Waals surface area contributed by atoms with E-state index in [9.17, 15) is 14.9 Å². The van der Waals surface area contributed by atoms with E-state index >= 15 is 0 Å². The molecule has 0 fully saturated rings. The van der Waals surface area contributed by atoms with Crippen molar-refractivity contribution in [1.82, 2.24) is 5.43 Å². The molecule has 0 saturated carbocycles. The van der Waals surface area contributed by atoms with Gasteiger partial charge in [0.1, 0.15) is 0 Å². The second-order valence-electron chi connectivity index (χ2n) is 4.93. The smallest absolute Gasteiger partial charge is 0.284 e. The Morgan fingerprint density at radius 2 is 1.96 bits per heavy atom. The van der Waals surface area contributed by atoms with Crippen molar-refractivity contribution in [2.75, 3.05) is 13.2 Å². The molecule has 8 nitrogen and oxygen atoms in total. The van der Waals surface area contributed by atoms with Crippen molar-refractivity contribution in [3.63, 3.8) is 0 Å². The van der Waals surface area contributed by atoms with Crippen LogP contribution in [-0.4, -0.2) is 30.3 Å². The second-order valence-corrected chi connectivity index (χ2v) is 5.78. The number of nitrogens with one attached hydrogen (secondary N) is 1. The summed E-state index contributed by atoms with van der Waals surface area (Å²) >= 11 is 3.10. The van der Waals surface area contributed by atoms with E-state index in [0.717, 1.165) is 0 Å². The lowest BCUT2D eigenvalue weighted by Gasteiger charge is -2.10. The minimum atomic E-state index is -0.510. The minimum absolute atomic E-state index is 0.0869. The monoisotopic (exact) mass is 421 g/mol. The zero-order valence-electron chi connectivity index (χ0n) is 13.8. The molecule has 0 unspecified atom stereocenters. The fourth-order valence-electron chi connectivity index (χ4n) is 1.95. The molecule has 0 aromatic heterocycles. The van der Waals surface area contributed by atoms with Crippen molar-refractivity contribution in [1.29, 1.82) is 0 Å². The number of rotatable bonds is 8.